The Morgan fingerprint density at radius 2 is 2.05 bits per heavy atom. The molecule has 5 heteroatoms. The van der Waals surface area contributed by atoms with Crippen molar-refractivity contribution in [2.45, 2.75) is 31.2 Å². The van der Waals surface area contributed by atoms with E-state index >= 15 is 0 Å². The summed E-state index contributed by atoms with van der Waals surface area (Å²) in [5.74, 6) is 0.905. The minimum atomic E-state index is 0.184. The number of rotatable bonds is 3. The molecule has 0 spiro atoms. The van der Waals surface area contributed by atoms with Crippen LogP contribution in [-0.2, 0) is 11.8 Å². The van der Waals surface area contributed by atoms with E-state index in [1.165, 1.54) is 5.56 Å². The number of amides is 1. The van der Waals surface area contributed by atoms with Crippen LogP contribution in [-0.4, -0.2) is 58.7 Å². The molecule has 20 heavy (non-hydrogen) atoms. The molecular weight excluding hydrogens is 252 g/mol. The first kappa shape index (κ1) is 13.6. The highest BCUT2D eigenvalue weighted by atomic mass is 16.2. The number of aromatic nitrogens is 2. The summed E-state index contributed by atoms with van der Waals surface area (Å²) >= 11 is 0. The van der Waals surface area contributed by atoms with E-state index < -0.39 is 0 Å². The zero-order chi connectivity index (χ0) is 14.3. The van der Waals surface area contributed by atoms with E-state index in [4.69, 9.17) is 0 Å². The Bertz CT molecular complexity index is 490. The SMILES string of the molecule is CN1CCC(N(C)C(=O)[C@@H]2C[C@H]2c2cnn(C)c2)CC1. The molecule has 5 nitrogen and oxygen atoms in total. The van der Waals surface area contributed by atoms with Gasteiger partial charge in [0.05, 0.1) is 6.20 Å². The van der Waals surface area contributed by atoms with Gasteiger partial charge in [0.2, 0.25) is 5.91 Å². The van der Waals surface area contributed by atoms with Gasteiger partial charge in [0, 0.05) is 32.3 Å². The van der Waals surface area contributed by atoms with Crippen LogP contribution in [0.2, 0.25) is 0 Å². The summed E-state index contributed by atoms with van der Waals surface area (Å²) in [7, 11) is 6.06. The number of nitrogens with zero attached hydrogens (tertiary/aromatic N) is 4. The highest BCUT2D eigenvalue weighted by Gasteiger charge is 2.46. The average Bonchev–Trinajstić information content (AvgIpc) is 3.13. The van der Waals surface area contributed by atoms with E-state index in [9.17, 15) is 4.79 Å². The maximum absolute atomic E-state index is 12.6. The molecule has 1 saturated heterocycles. The number of aryl methyl sites for hydroxylation is 1. The number of hydrogen-bond donors (Lipinski definition) is 0. The standard InChI is InChI=1S/C15H24N4O/c1-17-6-4-12(5-7-17)19(3)15(20)14-8-13(14)11-9-16-18(2)10-11/h9-10,12-14H,4-8H2,1-3H3/t13-,14+/m0/s1. The summed E-state index contributed by atoms with van der Waals surface area (Å²) in [6, 6.07) is 0.425. The molecule has 2 atom stereocenters. The molecule has 2 fully saturated rings. The lowest BCUT2D eigenvalue weighted by atomic mass is 10.0. The second-order valence-electron chi connectivity index (χ2n) is 6.38. The first-order valence-electron chi connectivity index (χ1n) is 7.50. The number of carbonyl (C=O) groups excluding carboxylic acids is 1. The lowest BCUT2D eigenvalue weighted by Crippen LogP contribution is -2.45. The maximum Gasteiger partial charge on any atom is 0.226 e. The van der Waals surface area contributed by atoms with Crippen LogP contribution in [0.5, 0.6) is 0 Å². The Kier molecular flexibility index (Phi) is 3.54. The number of piperidine rings is 1. The van der Waals surface area contributed by atoms with E-state index in [1.54, 1.807) is 0 Å². The molecule has 0 radical (unpaired) electrons. The number of carbonyl (C=O) groups is 1. The second kappa shape index (κ2) is 5.20. The zero-order valence-corrected chi connectivity index (χ0v) is 12.6. The molecule has 1 saturated carbocycles. The first-order valence-corrected chi connectivity index (χ1v) is 7.50. The average molecular weight is 276 g/mol. The van der Waals surface area contributed by atoms with E-state index in [1.807, 2.05) is 36.1 Å². The summed E-state index contributed by atoms with van der Waals surface area (Å²) in [6.07, 6.45) is 7.12. The van der Waals surface area contributed by atoms with Gasteiger partial charge in [0.15, 0.2) is 0 Å². The van der Waals surface area contributed by atoms with Gasteiger partial charge in [-0.05, 0) is 50.9 Å². The van der Waals surface area contributed by atoms with Crippen molar-refractivity contribution in [1.82, 2.24) is 19.6 Å². The third-order valence-electron chi connectivity index (χ3n) is 4.84. The molecule has 1 aliphatic heterocycles. The first-order chi connectivity index (χ1) is 9.56. The minimum Gasteiger partial charge on any atom is -0.342 e. The molecule has 0 N–H and O–H groups in total. The summed E-state index contributed by atoms with van der Waals surface area (Å²) in [6.45, 7) is 2.19. The molecule has 1 aromatic rings. The Morgan fingerprint density at radius 3 is 2.65 bits per heavy atom. The fourth-order valence-electron chi connectivity index (χ4n) is 3.29. The molecule has 0 aromatic carbocycles. The molecule has 2 heterocycles. The van der Waals surface area contributed by atoms with Crippen LogP contribution in [0.15, 0.2) is 12.4 Å². The number of hydrogen-bond acceptors (Lipinski definition) is 3. The Balaban J connectivity index is 1.57. The predicted octanol–water partition coefficient (Wildman–Crippen LogP) is 1.08. The van der Waals surface area contributed by atoms with Gasteiger partial charge in [0.1, 0.15) is 0 Å². The Hall–Kier alpha value is -1.36. The highest BCUT2D eigenvalue weighted by Crippen LogP contribution is 2.48. The van der Waals surface area contributed by atoms with Crippen LogP contribution < -0.4 is 0 Å². The third-order valence-corrected chi connectivity index (χ3v) is 4.84. The molecule has 110 valence electrons. The van der Waals surface area contributed by atoms with Gasteiger partial charge in [-0.25, -0.2) is 0 Å². The third kappa shape index (κ3) is 2.59. The molecule has 0 unspecified atom stereocenters. The summed E-state index contributed by atoms with van der Waals surface area (Å²) in [5, 5.41) is 4.20. The van der Waals surface area contributed by atoms with Crippen molar-refractivity contribution >= 4 is 5.91 Å². The normalized spacial score (nSPS) is 27.6. The molecule has 2 aliphatic rings. The van der Waals surface area contributed by atoms with E-state index in [2.05, 4.69) is 17.0 Å². The van der Waals surface area contributed by atoms with Crippen LogP contribution in [0, 0.1) is 5.92 Å². The van der Waals surface area contributed by atoms with Crippen molar-refractivity contribution in [3.8, 4) is 0 Å². The minimum absolute atomic E-state index is 0.184. The van der Waals surface area contributed by atoms with E-state index in [0.717, 1.165) is 32.4 Å². The van der Waals surface area contributed by atoms with E-state index in [-0.39, 0.29) is 5.92 Å². The van der Waals surface area contributed by atoms with Crippen LogP contribution in [0.25, 0.3) is 0 Å². The van der Waals surface area contributed by atoms with Crippen LogP contribution in [0.3, 0.4) is 0 Å². The topological polar surface area (TPSA) is 41.4 Å². The van der Waals surface area contributed by atoms with Crippen molar-refractivity contribution in [3.05, 3.63) is 18.0 Å². The van der Waals surface area contributed by atoms with Crippen molar-refractivity contribution in [2.24, 2.45) is 13.0 Å². The molecular formula is C15H24N4O. The second-order valence-corrected chi connectivity index (χ2v) is 6.38. The van der Waals surface area contributed by atoms with Crippen LogP contribution in [0.4, 0.5) is 0 Å². The quantitative estimate of drug-likeness (QED) is 0.829. The van der Waals surface area contributed by atoms with Gasteiger partial charge in [-0.1, -0.05) is 0 Å². The smallest absolute Gasteiger partial charge is 0.226 e. The lowest BCUT2D eigenvalue weighted by Gasteiger charge is -2.35. The molecule has 1 amide bonds. The Morgan fingerprint density at radius 1 is 1.35 bits per heavy atom. The van der Waals surface area contributed by atoms with Crippen LogP contribution >= 0.6 is 0 Å². The predicted molar refractivity (Wildman–Crippen MR) is 77.3 cm³/mol. The monoisotopic (exact) mass is 276 g/mol. The lowest BCUT2D eigenvalue weighted by molar-refractivity contribution is -0.134. The Labute approximate surface area is 120 Å². The van der Waals surface area contributed by atoms with Gasteiger partial charge >= 0.3 is 0 Å². The van der Waals surface area contributed by atoms with Crippen molar-refractivity contribution in [2.75, 3.05) is 27.2 Å². The fourth-order valence-corrected chi connectivity index (χ4v) is 3.29. The molecule has 1 aliphatic carbocycles. The van der Waals surface area contributed by atoms with Gasteiger partial charge in [-0.3, -0.25) is 9.48 Å². The highest BCUT2D eigenvalue weighted by molar-refractivity contribution is 5.83. The van der Waals surface area contributed by atoms with Gasteiger partial charge in [0.25, 0.3) is 0 Å². The zero-order valence-electron chi connectivity index (χ0n) is 12.6. The van der Waals surface area contributed by atoms with Gasteiger partial charge in [-0.2, -0.15) is 5.10 Å². The van der Waals surface area contributed by atoms with Crippen molar-refractivity contribution in [1.29, 1.82) is 0 Å². The van der Waals surface area contributed by atoms with Gasteiger partial charge < -0.3 is 9.80 Å². The van der Waals surface area contributed by atoms with E-state index in [0.29, 0.717) is 17.9 Å². The maximum atomic E-state index is 12.6. The summed E-state index contributed by atoms with van der Waals surface area (Å²) in [5.41, 5.74) is 1.21. The fraction of sp³-hybridized carbons (Fsp3) is 0.733. The van der Waals surface area contributed by atoms with Crippen molar-refractivity contribution in [3.63, 3.8) is 0 Å². The summed E-state index contributed by atoms with van der Waals surface area (Å²) in [4.78, 5) is 16.9. The van der Waals surface area contributed by atoms with Crippen molar-refractivity contribution < 1.29 is 4.79 Å². The largest absolute Gasteiger partial charge is 0.342 e. The van der Waals surface area contributed by atoms with Gasteiger partial charge in [-0.15, -0.1) is 0 Å². The van der Waals surface area contributed by atoms with Crippen LogP contribution in [0.1, 0.15) is 30.7 Å². The molecule has 1 aromatic heterocycles. The molecule has 3 rings (SSSR count). The summed E-state index contributed by atoms with van der Waals surface area (Å²) < 4.78 is 1.82. The molecule has 0 bridgehead atoms. The number of likely N-dealkylation sites (tertiary alicyclic amines) is 1.